The molecule has 0 aromatic heterocycles. The number of halogens is 2. The molecule has 0 aromatic carbocycles. The lowest BCUT2D eigenvalue weighted by Gasteiger charge is -2.21. The molecule has 0 saturated heterocycles. The van der Waals surface area contributed by atoms with Gasteiger partial charge in [0.15, 0.2) is 0 Å². The van der Waals surface area contributed by atoms with Crippen LogP contribution in [0.4, 0.5) is 0 Å². The summed E-state index contributed by atoms with van der Waals surface area (Å²) in [7, 11) is 0. The van der Waals surface area contributed by atoms with Crippen molar-refractivity contribution < 1.29 is 10.2 Å². The molecule has 4 heteroatoms. The lowest BCUT2D eigenvalue weighted by Crippen LogP contribution is -2.27. The Kier molecular flexibility index (Phi) is 6.01. The van der Waals surface area contributed by atoms with E-state index in [0.29, 0.717) is 6.42 Å². The van der Waals surface area contributed by atoms with E-state index in [1.165, 1.54) is 19.3 Å². The van der Waals surface area contributed by atoms with Crippen LogP contribution in [0.2, 0.25) is 0 Å². The highest BCUT2D eigenvalue weighted by molar-refractivity contribution is 6.40. The maximum atomic E-state index is 10.2. The van der Waals surface area contributed by atoms with Crippen molar-refractivity contribution >= 4 is 23.2 Å². The van der Waals surface area contributed by atoms with Gasteiger partial charge >= 0.3 is 0 Å². The van der Waals surface area contributed by atoms with Crippen LogP contribution < -0.4 is 0 Å². The van der Waals surface area contributed by atoms with Gasteiger partial charge in [0.25, 0.3) is 0 Å². The smallest absolute Gasteiger partial charge is 0.108 e. The summed E-state index contributed by atoms with van der Waals surface area (Å²) < 4.78 is 0. The first-order valence-corrected chi connectivity index (χ1v) is 6.88. The van der Waals surface area contributed by atoms with Gasteiger partial charge in [-0.1, -0.05) is 55.1 Å². The molecule has 2 atom stereocenters. The monoisotopic (exact) mass is 278 g/mol. The van der Waals surface area contributed by atoms with Crippen LogP contribution >= 0.6 is 23.2 Å². The van der Waals surface area contributed by atoms with Gasteiger partial charge in [-0.3, -0.25) is 0 Å². The normalized spacial score (nSPS) is 29.6. The second-order valence-electron chi connectivity index (χ2n) is 4.58. The van der Waals surface area contributed by atoms with Gasteiger partial charge in [0.1, 0.15) is 5.60 Å². The van der Waals surface area contributed by atoms with Crippen LogP contribution in [0, 0.1) is 0 Å². The Morgan fingerprint density at radius 1 is 1.35 bits per heavy atom. The average Bonchev–Trinajstić information content (AvgIpc) is 2.48. The summed E-state index contributed by atoms with van der Waals surface area (Å²) in [6.45, 7) is 2.17. The number of allylic oxidation sites excluding steroid dienone is 1. The van der Waals surface area contributed by atoms with Gasteiger partial charge in [0.2, 0.25) is 0 Å². The molecule has 2 N–H and O–H groups in total. The van der Waals surface area contributed by atoms with Gasteiger partial charge in [-0.05, 0) is 19.3 Å². The topological polar surface area (TPSA) is 40.5 Å². The molecule has 0 spiro atoms. The largest absolute Gasteiger partial charge is 0.387 e. The van der Waals surface area contributed by atoms with Gasteiger partial charge in [-0.2, -0.15) is 0 Å². The molecule has 2 nitrogen and oxygen atoms in total. The van der Waals surface area contributed by atoms with Crippen molar-refractivity contribution in [2.75, 3.05) is 0 Å². The minimum atomic E-state index is -1.18. The standard InChI is InChI=1S/C13H20Cl2O2/c1-2-3-4-5-6-7-8-13(17)9-10(16)11(14)12(13)15/h6-7,10,16-17H,2-5,8-9H2,1H3/b7-6-. The molecule has 17 heavy (non-hydrogen) atoms. The fourth-order valence-corrected chi connectivity index (χ4v) is 2.48. The predicted molar refractivity (Wildman–Crippen MR) is 72.2 cm³/mol. The van der Waals surface area contributed by atoms with Crippen LogP contribution in [0.3, 0.4) is 0 Å². The Balaban J connectivity index is 2.42. The summed E-state index contributed by atoms with van der Waals surface area (Å²) in [4.78, 5) is 0. The van der Waals surface area contributed by atoms with Crippen LogP contribution in [0.25, 0.3) is 0 Å². The van der Waals surface area contributed by atoms with Crippen molar-refractivity contribution in [1.29, 1.82) is 0 Å². The molecule has 0 aromatic rings. The zero-order valence-corrected chi connectivity index (χ0v) is 11.6. The van der Waals surface area contributed by atoms with Crippen molar-refractivity contribution in [3.05, 3.63) is 22.2 Å². The SMILES string of the molecule is CCCCC/C=C\CC1(O)CC(O)C(Cl)=C1Cl. The highest BCUT2D eigenvalue weighted by atomic mass is 35.5. The van der Waals surface area contributed by atoms with E-state index in [2.05, 4.69) is 13.0 Å². The Bertz CT molecular complexity index is 313. The van der Waals surface area contributed by atoms with E-state index < -0.39 is 11.7 Å². The van der Waals surface area contributed by atoms with Crippen molar-refractivity contribution in [1.82, 2.24) is 0 Å². The quantitative estimate of drug-likeness (QED) is 0.575. The van der Waals surface area contributed by atoms with Crippen LogP contribution in [0.1, 0.15) is 45.4 Å². The van der Waals surface area contributed by atoms with Gasteiger partial charge in [-0.15, -0.1) is 0 Å². The number of hydrogen-bond donors (Lipinski definition) is 2. The Hall–Kier alpha value is -0.0200. The summed E-state index contributed by atoms with van der Waals surface area (Å²) in [6, 6.07) is 0. The lowest BCUT2D eigenvalue weighted by molar-refractivity contribution is 0.0571. The maximum absolute atomic E-state index is 10.2. The fraction of sp³-hybridized carbons (Fsp3) is 0.692. The van der Waals surface area contributed by atoms with Gasteiger partial charge < -0.3 is 10.2 Å². The van der Waals surface area contributed by atoms with Crippen molar-refractivity contribution in [2.45, 2.75) is 57.2 Å². The van der Waals surface area contributed by atoms with E-state index in [1.807, 2.05) is 6.08 Å². The molecule has 0 aliphatic heterocycles. The molecule has 0 radical (unpaired) electrons. The molecular weight excluding hydrogens is 259 g/mol. The molecule has 0 amide bonds. The molecule has 0 fully saturated rings. The third-order valence-corrected chi connectivity index (χ3v) is 4.13. The van der Waals surface area contributed by atoms with E-state index in [4.69, 9.17) is 23.2 Å². The molecular formula is C13H20Cl2O2. The minimum Gasteiger partial charge on any atom is -0.387 e. The van der Waals surface area contributed by atoms with E-state index in [1.54, 1.807) is 0 Å². The second-order valence-corrected chi connectivity index (χ2v) is 5.37. The Morgan fingerprint density at radius 3 is 2.59 bits per heavy atom. The Labute approximate surface area is 113 Å². The van der Waals surface area contributed by atoms with Crippen molar-refractivity contribution in [3.8, 4) is 0 Å². The predicted octanol–water partition coefficient (Wildman–Crippen LogP) is 3.70. The van der Waals surface area contributed by atoms with Crippen LogP contribution in [0.15, 0.2) is 22.2 Å². The molecule has 0 saturated carbocycles. The molecule has 1 rings (SSSR count). The lowest BCUT2D eigenvalue weighted by atomic mass is 9.98. The zero-order valence-electron chi connectivity index (χ0n) is 10.1. The number of unbranched alkanes of at least 4 members (excludes halogenated alkanes) is 3. The second kappa shape index (κ2) is 6.79. The number of hydrogen-bond acceptors (Lipinski definition) is 2. The highest BCUT2D eigenvalue weighted by Gasteiger charge is 2.42. The third kappa shape index (κ3) is 3.99. The van der Waals surface area contributed by atoms with E-state index in [0.717, 1.165) is 6.42 Å². The molecule has 1 aliphatic rings. The van der Waals surface area contributed by atoms with Crippen LogP contribution in [-0.2, 0) is 0 Å². The minimum absolute atomic E-state index is 0.175. The molecule has 2 unspecified atom stereocenters. The Morgan fingerprint density at radius 2 is 2.06 bits per heavy atom. The first-order chi connectivity index (χ1) is 8.01. The van der Waals surface area contributed by atoms with Crippen molar-refractivity contribution in [2.24, 2.45) is 0 Å². The summed E-state index contributed by atoms with van der Waals surface area (Å²) in [5, 5.41) is 20.1. The molecule has 98 valence electrons. The molecule has 0 bridgehead atoms. The van der Waals surface area contributed by atoms with Gasteiger partial charge in [0, 0.05) is 6.42 Å². The fourth-order valence-electron chi connectivity index (χ4n) is 1.95. The van der Waals surface area contributed by atoms with E-state index in [-0.39, 0.29) is 16.5 Å². The van der Waals surface area contributed by atoms with Crippen LogP contribution in [-0.4, -0.2) is 21.9 Å². The average molecular weight is 279 g/mol. The highest BCUT2D eigenvalue weighted by Crippen LogP contribution is 2.42. The summed E-state index contributed by atoms with van der Waals surface area (Å²) in [5.41, 5.74) is -1.18. The number of rotatable bonds is 6. The van der Waals surface area contributed by atoms with Gasteiger partial charge in [0.05, 0.1) is 16.2 Å². The first-order valence-electron chi connectivity index (χ1n) is 6.12. The van der Waals surface area contributed by atoms with Gasteiger partial charge in [-0.25, -0.2) is 0 Å². The third-order valence-electron chi connectivity index (χ3n) is 3.04. The molecule has 1 aliphatic carbocycles. The van der Waals surface area contributed by atoms with E-state index in [9.17, 15) is 10.2 Å². The summed E-state index contributed by atoms with van der Waals surface area (Å²) in [6.07, 6.45) is 8.34. The number of aliphatic hydroxyl groups is 2. The number of aliphatic hydroxyl groups excluding tert-OH is 1. The maximum Gasteiger partial charge on any atom is 0.108 e. The van der Waals surface area contributed by atoms with E-state index >= 15 is 0 Å². The van der Waals surface area contributed by atoms with Crippen molar-refractivity contribution in [3.63, 3.8) is 0 Å². The zero-order chi connectivity index (χ0) is 12.9. The van der Waals surface area contributed by atoms with Crippen LogP contribution in [0.5, 0.6) is 0 Å². The summed E-state index contributed by atoms with van der Waals surface area (Å²) >= 11 is 11.7. The first kappa shape index (κ1) is 15.0. The summed E-state index contributed by atoms with van der Waals surface area (Å²) in [5.74, 6) is 0. The molecule has 0 heterocycles.